The van der Waals surface area contributed by atoms with Crippen LogP contribution in [0.4, 0.5) is 13.2 Å². The Morgan fingerprint density at radius 1 is 1.41 bits per heavy atom. The van der Waals surface area contributed by atoms with Crippen molar-refractivity contribution in [3.05, 3.63) is 35.4 Å². The smallest absolute Gasteiger partial charge is 0.393 e. The molecule has 1 aliphatic rings. The molecule has 1 aromatic carbocycles. The van der Waals surface area contributed by atoms with E-state index >= 15 is 0 Å². The first-order chi connectivity index (χ1) is 10.3. The number of hydrogen-bond acceptors (Lipinski definition) is 2. The molecule has 1 saturated heterocycles. The fourth-order valence-corrected chi connectivity index (χ4v) is 3.02. The molecule has 2 unspecified atom stereocenters. The van der Waals surface area contributed by atoms with Crippen molar-refractivity contribution in [2.24, 2.45) is 0 Å². The molecule has 3 nitrogen and oxygen atoms in total. The average Bonchev–Trinajstić information content (AvgIpc) is 2.85. The van der Waals surface area contributed by atoms with Crippen molar-refractivity contribution in [2.45, 2.75) is 50.9 Å². The molecule has 0 aromatic heterocycles. The highest BCUT2D eigenvalue weighted by atomic mass is 19.4. The highest BCUT2D eigenvalue weighted by molar-refractivity contribution is 5.79. The monoisotopic (exact) mass is 315 g/mol. The standard InChI is InChI=1S/C16H20F3NO2/c1-11(21)9-13-6-4-8-20(13)15(22)10-12-5-2-3-7-14(12)16(17,18)19/h2-3,5,7,11,13,21H,4,6,8-10H2,1H3. The van der Waals surface area contributed by atoms with E-state index in [4.69, 9.17) is 0 Å². The van der Waals surface area contributed by atoms with Crippen molar-refractivity contribution in [1.82, 2.24) is 4.90 Å². The molecule has 0 saturated carbocycles. The lowest BCUT2D eigenvalue weighted by atomic mass is 10.0. The van der Waals surface area contributed by atoms with Crippen LogP contribution in [-0.4, -0.2) is 34.6 Å². The molecule has 1 aromatic rings. The maximum Gasteiger partial charge on any atom is 0.416 e. The van der Waals surface area contributed by atoms with Crippen LogP contribution in [0, 0.1) is 0 Å². The van der Waals surface area contributed by atoms with Crippen molar-refractivity contribution in [2.75, 3.05) is 6.54 Å². The Balaban J connectivity index is 2.12. The Morgan fingerprint density at radius 3 is 2.73 bits per heavy atom. The van der Waals surface area contributed by atoms with Crippen molar-refractivity contribution in [1.29, 1.82) is 0 Å². The topological polar surface area (TPSA) is 40.5 Å². The van der Waals surface area contributed by atoms with Crippen molar-refractivity contribution in [3.8, 4) is 0 Å². The molecule has 6 heteroatoms. The molecular weight excluding hydrogens is 295 g/mol. The largest absolute Gasteiger partial charge is 0.416 e. The van der Waals surface area contributed by atoms with Crippen LogP contribution in [0.15, 0.2) is 24.3 Å². The van der Waals surface area contributed by atoms with Crippen LogP contribution in [0.1, 0.15) is 37.3 Å². The summed E-state index contributed by atoms with van der Waals surface area (Å²) >= 11 is 0. The van der Waals surface area contributed by atoms with Gasteiger partial charge in [-0.15, -0.1) is 0 Å². The lowest BCUT2D eigenvalue weighted by Crippen LogP contribution is -2.38. The predicted octanol–water partition coefficient (Wildman–Crippen LogP) is 3.01. The summed E-state index contributed by atoms with van der Waals surface area (Å²) in [5, 5.41) is 9.47. The maximum atomic E-state index is 13.0. The number of hydrogen-bond donors (Lipinski definition) is 1. The van der Waals surface area contributed by atoms with Crippen molar-refractivity contribution < 1.29 is 23.1 Å². The molecule has 2 rings (SSSR count). The van der Waals surface area contributed by atoms with E-state index in [2.05, 4.69) is 0 Å². The Hall–Kier alpha value is -1.56. The number of halogens is 3. The zero-order valence-electron chi connectivity index (χ0n) is 12.4. The van der Waals surface area contributed by atoms with E-state index < -0.39 is 17.8 Å². The fourth-order valence-electron chi connectivity index (χ4n) is 3.02. The number of carbonyl (C=O) groups excluding carboxylic acids is 1. The van der Waals surface area contributed by atoms with Gasteiger partial charge in [0.05, 0.1) is 18.1 Å². The third-order valence-electron chi connectivity index (χ3n) is 3.98. The summed E-state index contributed by atoms with van der Waals surface area (Å²) in [4.78, 5) is 14.0. The molecule has 1 heterocycles. The minimum Gasteiger partial charge on any atom is -0.393 e. The van der Waals surface area contributed by atoms with Gasteiger partial charge in [0.15, 0.2) is 0 Å². The van der Waals surface area contributed by atoms with E-state index in [0.717, 1.165) is 18.9 Å². The van der Waals surface area contributed by atoms with E-state index in [1.165, 1.54) is 18.2 Å². The molecule has 2 atom stereocenters. The third kappa shape index (κ3) is 4.00. The van der Waals surface area contributed by atoms with Gasteiger partial charge < -0.3 is 10.0 Å². The van der Waals surface area contributed by atoms with Gasteiger partial charge in [-0.25, -0.2) is 0 Å². The maximum absolute atomic E-state index is 13.0. The van der Waals surface area contributed by atoms with E-state index in [9.17, 15) is 23.1 Å². The van der Waals surface area contributed by atoms with E-state index in [1.807, 2.05) is 0 Å². The van der Waals surface area contributed by atoms with Gasteiger partial charge in [-0.1, -0.05) is 18.2 Å². The van der Waals surface area contributed by atoms with E-state index in [0.29, 0.717) is 13.0 Å². The molecule has 122 valence electrons. The summed E-state index contributed by atoms with van der Waals surface area (Å²) in [7, 11) is 0. The van der Waals surface area contributed by atoms with Crippen LogP contribution in [0.25, 0.3) is 0 Å². The van der Waals surface area contributed by atoms with Gasteiger partial charge in [0, 0.05) is 12.6 Å². The number of amides is 1. The Bertz CT molecular complexity index is 528. The molecule has 0 bridgehead atoms. The first kappa shape index (κ1) is 16.8. The summed E-state index contributed by atoms with van der Waals surface area (Å²) in [5.74, 6) is -0.306. The molecule has 1 fully saturated rings. The summed E-state index contributed by atoms with van der Waals surface area (Å²) in [6.07, 6.45) is -3.16. The number of likely N-dealkylation sites (tertiary alicyclic amines) is 1. The normalized spacial score (nSPS) is 20.2. The van der Waals surface area contributed by atoms with E-state index in [1.54, 1.807) is 11.8 Å². The van der Waals surface area contributed by atoms with Crippen molar-refractivity contribution in [3.63, 3.8) is 0 Å². The van der Waals surface area contributed by atoms with Gasteiger partial charge in [-0.2, -0.15) is 13.2 Å². The van der Waals surface area contributed by atoms with Gasteiger partial charge in [0.2, 0.25) is 5.91 Å². The summed E-state index contributed by atoms with van der Waals surface area (Å²) in [6, 6.07) is 5.10. The van der Waals surface area contributed by atoms with Crippen LogP contribution in [0.5, 0.6) is 0 Å². The summed E-state index contributed by atoms with van der Waals surface area (Å²) in [5.41, 5.74) is -0.752. The highest BCUT2D eigenvalue weighted by Gasteiger charge is 2.35. The number of benzene rings is 1. The van der Waals surface area contributed by atoms with Gasteiger partial charge >= 0.3 is 6.18 Å². The van der Waals surface area contributed by atoms with Crippen LogP contribution >= 0.6 is 0 Å². The second-order valence-corrected chi connectivity index (χ2v) is 5.80. The van der Waals surface area contributed by atoms with Gasteiger partial charge in [0.1, 0.15) is 0 Å². The number of carbonyl (C=O) groups is 1. The minimum atomic E-state index is -4.46. The SMILES string of the molecule is CC(O)CC1CCCN1C(=O)Cc1ccccc1C(F)(F)F. The quantitative estimate of drug-likeness (QED) is 0.928. The van der Waals surface area contributed by atoms with E-state index in [-0.39, 0.29) is 23.9 Å². The second-order valence-electron chi connectivity index (χ2n) is 5.80. The predicted molar refractivity (Wildman–Crippen MR) is 76.2 cm³/mol. The first-order valence-corrected chi connectivity index (χ1v) is 7.41. The van der Waals surface area contributed by atoms with Crippen LogP contribution < -0.4 is 0 Å². The van der Waals surface area contributed by atoms with Crippen LogP contribution in [0.2, 0.25) is 0 Å². The first-order valence-electron chi connectivity index (χ1n) is 7.41. The Kier molecular flexibility index (Phi) is 5.11. The second kappa shape index (κ2) is 6.69. The van der Waals surface area contributed by atoms with Gasteiger partial charge in [-0.05, 0) is 37.8 Å². The number of aliphatic hydroxyl groups is 1. The Labute approximate surface area is 127 Å². The molecule has 22 heavy (non-hydrogen) atoms. The summed E-state index contributed by atoms with van der Waals surface area (Å²) < 4.78 is 38.9. The lowest BCUT2D eigenvalue weighted by Gasteiger charge is -2.26. The molecular formula is C16H20F3NO2. The molecule has 1 aliphatic heterocycles. The summed E-state index contributed by atoms with van der Waals surface area (Å²) in [6.45, 7) is 2.20. The average molecular weight is 315 g/mol. The molecule has 0 aliphatic carbocycles. The number of rotatable bonds is 4. The van der Waals surface area contributed by atoms with Gasteiger partial charge in [-0.3, -0.25) is 4.79 Å². The highest BCUT2D eigenvalue weighted by Crippen LogP contribution is 2.32. The fraction of sp³-hybridized carbons (Fsp3) is 0.562. The van der Waals surface area contributed by atoms with Gasteiger partial charge in [0.25, 0.3) is 0 Å². The zero-order chi connectivity index (χ0) is 16.3. The number of alkyl halides is 3. The third-order valence-corrected chi connectivity index (χ3v) is 3.98. The zero-order valence-corrected chi connectivity index (χ0v) is 12.4. The molecule has 1 amide bonds. The van der Waals surface area contributed by atoms with Crippen LogP contribution in [0.3, 0.4) is 0 Å². The van der Waals surface area contributed by atoms with Crippen molar-refractivity contribution >= 4 is 5.91 Å². The van der Waals surface area contributed by atoms with Crippen LogP contribution in [-0.2, 0) is 17.4 Å². The number of nitrogens with zero attached hydrogens (tertiary/aromatic N) is 1. The molecule has 0 spiro atoms. The number of aliphatic hydroxyl groups excluding tert-OH is 1. The molecule has 0 radical (unpaired) electrons. The minimum absolute atomic E-state index is 0.00250. The molecule has 1 N–H and O–H groups in total. The lowest BCUT2D eigenvalue weighted by molar-refractivity contribution is -0.138. The Morgan fingerprint density at radius 2 is 2.09 bits per heavy atom.